The number of nitrogens with one attached hydrogen (secondary N) is 1. The Morgan fingerprint density at radius 3 is 2.17 bits per heavy atom. The molecule has 5 rings (SSSR count). The van der Waals surface area contributed by atoms with Crippen molar-refractivity contribution < 1.29 is 23.9 Å². The normalized spacial score (nSPS) is 30.4. The number of carbonyl (C=O) groups is 3. The van der Waals surface area contributed by atoms with Gasteiger partial charge in [-0.25, -0.2) is 4.79 Å². The Labute approximate surface area is 171 Å². The van der Waals surface area contributed by atoms with Crippen LogP contribution in [0.3, 0.4) is 0 Å². The molecule has 1 aromatic rings. The zero-order valence-electron chi connectivity index (χ0n) is 16.9. The van der Waals surface area contributed by atoms with Gasteiger partial charge in [0.1, 0.15) is 6.04 Å². The third-order valence-electron chi connectivity index (χ3n) is 6.91. The van der Waals surface area contributed by atoms with Crippen molar-refractivity contribution in [3.63, 3.8) is 0 Å². The topological polar surface area (TPSA) is 81.7 Å². The van der Waals surface area contributed by atoms with E-state index in [2.05, 4.69) is 5.32 Å². The summed E-state index contributed by atoms with van der Waals surface area (Å²) in [6.45, 7) is -0.358. The van der Waals surface area contributed by atoms with E-state index in [1.54, 1.807) is 0 Å². The van der Waals surface area contributed by atoms with E-state index in [0.717, 1.165) is 24.8 Å². The van der Waals surface area contributed by atoms with Crippen molar-refractivity contribution in [2.24, 2.45) is 23.2 Å². The molecule has 0 unspecified atom stereocenters. The largest absolute Gasteiger partial charge is 0.467 e. The van der Waals surface area contributed by atoms with E-state index in [4.69, 9.17) is 9.47 Å². The van der Waals surface area contributed by atoms with Gasteiger partial charge in [-0.1, -0.05) is 30.3 Å². The molecule has 0 heterocycles. The van der Waals surface area contributed by atoms with Gasteiger partial charge in [0.2, 0.25) is 0 Å². The maximum atomic E-state index is 12.9. The first-order valence-corrected chi connectivity index (χ1v) is 10.6. The van der Waals surface area contributed by atoms with E-state index in [1.165, 1.54) is 26.4 Å². The zero-order chi connectivity index (χ0) is 20.4. The molecule has 6 nitrogen and oxygen atoms in total. The number of amides is 1. The molecule has 0 aromatic heterocycles. The molecule has 0 radical (unpaired) electrons. The van der Waals surface area contributed by atoms with Crippen LogP contribution in [-0.2, 0) is 30.3 Å². The van der Waals surface area contributed by atoms with Gasteiger partial charge in [0.15, 0.2) is 6.61 Å². The summed E-state index contributed by atoms with van der Waals surface area (Å²) in [5, 5.41) is 2.65. The molecule has 0 aliphatic heterocycles. The number of ether oxygens (including phenoxy) is 2. The van der Waals surface area contributed by atoms with Gasteiger partial charge in [-0.05, 0) is 61.8 Å². The number of hydrogen-bond donors (Lipinski definition) is 1. The molecule has 1 atom stereocenters. The second-order valence-corrected chi connectivity index (χ2v) is 9.11. The molecule has 0 saturated heterocycles. The van der Waals surface area contributed by atoms with Crippen molar-refractivity contribution in [3.8, 4) is 0 Å². The van der Waals surface area contributed by atoms with Gasteiger partial charge in [-0.2, -0.15) is 0 Å². The van der Waals surface area contributed by atoms with Crippen molar-refractivity contribution >= 4 is 17.8 Å². The highest BCUT2D eigenvalue weighted by atomic mass is 16.5. The highest BCUT2D eigenvalue weighted by molar-refractivity contribution is 5.87. The van der Waals surface area contributed by atoms with Crippen LogP contribution in [0.5, 0.6) is 0 Å². The van der Waals surface area contributed by atoms with Gasteiger partial charge in [0.25, 0.3) is 5.91 Å². The lowest BCUT2D eigenvalue weighted by Gasteiger charge is -2.55. The fourth-order valence-electron chi connectivity index (χ4n) is 6.07. The van der Waals surface area contributed by atoms with E-state index in [9.17, 15) is 14.4 Å². The smallest absolute Gasteiger partial charge is 0.328 e. The quantitative estimate of drug-likeness (QED) is 0.713. The van der Waals surface area contributed by atoms with E-state index in [-0.39, 0.29) is 18.0 Å². The van der Waals surface area contributed by atoms with Gasteiger partial charge in [-0.3, -0.25) is 9.59 Å². The highest BCUT2D eigenvalue weighted by Crippen LogP contribution is 2.60. The first-order valence-electron chi connectivity index (χ1n) is 10.6. The zero-order valence-corrected chi connectivity index (χ0v) is 16.9. The number of carbonyl (C=O) groups excluding carboxylic acids is 3. The average molecular weight is 399 g/mol. The van der Waals surface area contributed by atoms with Gasteiger partial charge < -0.3 is 14.8 Å². The molecular formula is C23H29NO5. The Kier molecular flexibility index (Phi) is 5.61. The Morgan fingerprint density at radius 1 is 1.03 bits per heavy atom. The first kappa shape index (κ1) is 19.9. The first-order chi connectivity index (χ1) is 14.0. The molecule has 1 N–H and O–H groups in total. The Bertz CT molecular complexity index is 739. The SMILES string of the molecule is COC(=O)[C@H](Cc1ccccc1)NC(=O)COC(=O)C12CC3CC(CC(C3)C1)C2. The third-order valence-corrected chi connectivity index (χ3v) is 6.91. The lowest BCUT2D eigenvalue weighted by molar-refractivity contribution is -0.173. The summed E-state index contributed by atoms with van der Waals surface area (Å²) in [6, 6.07) is 8.59. The lowest BCUT2D eigenvalue weighted by atomic mass is 9.49. The van der Waals surface area contributed by atoms with E-state index < -0.39 is 17.9 Å². The summed E-state index contributed by atoms with van der Waals surface area (Å²) in [4.78, 5) is 37.3. The minimum absolute atomic E-state index is 0.232. The summed E-state index contributed by atoms with van der Waals surface area (Å²) in [5.41, 5.74) is 0.523. The summed E-state index contributed by atoms with van der Waals surface area (Å²) < 4.78 is 10.3. The van der Waals surface area contributed by atoms with Crippen LogP contribution in [0.2, 0.25) is 0 Å². The molecule has 4 fully saturated rings. The summed E-state index contributed by atoms with van der Waals surface area (Å²) in [5.74, 6) is 0.681. The van der Waals surface area contributed by atoms with Crippen molar-refractivity contribution in [2.45, 2.75) is 51.0 Å². The monoisotopic (exact) mass is 399 g/mol. The fourth-order valence-corrected chi connectivity index (χ4v) is 6.07. The number of benzene rings is 1. The average Bonchev–Trinajstić information content (AvgIpc) is 2.70. The number of esters is 2. The molecule has 4 bridgehead atoms. The summed E-state index contributed by atoms with van der Waals surface area (Å²) >= 11 is 0. The third kappa shape index (κ3) is 4.31. The fraction of sp³-hybridized carbons (Fsp3) is 0.609. The van der Waals surface area contributed by atoms with Crippen molar-refractivity contribution in [1.29, 1.82) is 0 Å². The Hall–Kier alpha value is -2.37. The number of rotatable bonds is 7. The van der Waals surface area contributed by atoms with Gasteiger partial charge in [0.05, 0.1) is 12.5 Å². The van der Waals surface area contributed by atoms with Crippen molar-refractivity contribution in [3.05, 3.63) is 35.9 Å². The molecular weight excluding hydrogens is 370 g/mol. The molecule has 4 aliphatic carbocycles. The minimum Gasteiger partial charge on any atom is -0.467 e. The van der Waals surface area contributed by atoms with E-state index in [0.29, 0.717) is 24.2 Å². The molecule has 4 aliphatic rings. The van der Waals surface area contributed by atoms with Crippen LogP contribution in [0.25, 0.3) is 0 Å². The van der Waals surface area contributed by atoms with Gasteiger partial charge in [-0.15, -0.1) is 0 Å². The second-order valence-electron chi connectivity index (χ2n) is 9.11. The van der Waals surface area contributed by atoms with Gasteiger partial charge >= 0.3 is 11.9 Å². The minimum atomic E-state index is -0.812. The summed E-state index contributed by atoms with van der Waals surface area (Å²) in [7, 11) is 1.29. The van der Waals surface area contributed by atoms with Crippen LogP contribution in [0.15, 0.2) is 30.3 Å². The van der Waals surface area contributed by atoms with Crippen molar-refractivity contribution in [2.75, 3.05) is 13.7 Å². The highest BCUT2D eigenvalue weighted by Gasteiger charge is 2.55. The number of methoxy groups -OCH3 is 1. The van der Waals surface area contributed by atoms with Crippen LogP contribution in [0.4, 0.5) is 0 Å². The van der Waals surface area contributed by atoms with Crippen LogP contribution in [0, 0.1) is 23.2 Å². The molecule has 29 heavy (non-hydrogen) atoms. The van der Waals surface area contributed by atoms with Gasteiger partial charge in [0, 0.05) is 6.42 Å². The lowest BCUT2D eigenvalue weighted by Crippen LogP contribution is -2.51. The maximum Gasteiger partial charge on any atom is 0.328 e. The molecule has 156 valence electrons. The second kappa shape index (κ2) is 8.17. The Morgan fingerprint density at radius 2 is 1.62 bits per heavy atom. The Balaban J connectivity index is 1.32. The van der Waals surface area contributed by atoms with Crippen LogP contribution in [-0.4, -0.2) is 37.6 Å². The molecule has 4 saturated carbocycles. The van der Waals surface area contributed by atoms with Crippen LogP contribution < -0.4 is 5.32 Å². The molecule has 0 spiro atoms. The van der Waals surface area contributed by atoms with Crippen LogP contribution in [0.1, 0.15) is 44.1 Å². The van der Waals surface area contributed by atoms with E-state index >= 15 is 0 Å². The number of hydrogen-bond acceptors (Lipinski definition) is 5. The van der Waals surface area contributed by atoms with Crippen molar-refractivity contribution in [1.82, 2.24) is 5.32 Å². The standard InChI is InChI=1S/C23H29NO5/c1-28-21(26)19(10-15-5-3-2-4-6-15)24-20(25)14-29-22(27)23-11-16-7-17(12-23)9-18(8-16)13-23/h2-6,16-19H,7-14H2,1H3,(H,24,25)/t16?,17?,18?,19-,23?/m0/s1. The summed E-state index contributed by atoms with van der Waals surface area (Å²) in [6.07, 6.45) is 6.75. The maximum absolute atomic E-state index is 12.9. The predicted molar refractivity (Wildman–Crippen MR) is 106 cm³/mol. The molecule has 6 heteroatoms. The van der Waals surface area contributed by atoms with Crippen LogP contribution >= 0.6 is 0 Å². The molecule has 1 aromatic carbocycles. The van der Waals surface area contributed by atoms with E-state index in [1.807, 2.05) is 30.3 Å². The predicted octanol–water partition coefficient (Wildman–Crippen LogP) is 2.65. The molecule has 1 amide bonds.